The summed E-state index contributed by atoms with van der Waals surface area (Å²) >= 11 is 9.83. The third kappa shape index (κ3) is 4.68. The van der Waals surface area contributed by atoms with E-state index in [2.05, 4.69) is 41.9 Å². The van der Waals surface area contributed by atoms with Crippen LogP contribution in [-0.2, 0) is 6.42 Å². The lowest BCUT2D eigenvalue weighted by Gasteiger charge is -2.31. The second-order valence-corrected chi connectivity index (χ2v) is 6.36. The number of hydrogen-bond acceptors (Lipinski definition) is 1. The Morgan fingerprint density at radius 2 is 2.05 bits per heavy atom. The van der Waals surface area contributed by atoms with E-state index in [0.717, 1.165) is 28.9 Å². The van der Waals surface area contributed by atoms with Crippen LogP contribution in [-0.4, -0.2) is 13.0 Å². The largest absolute Gasteiger partial charge is 0.496 e. The summed E-state index contributed by atoms with van der Waals surface area (Å²) in [5, 5.41) is 0. The molecule has 1 rings (SSSR count). The molecule has 19 heavy (non-hydrogen) atoms. The molecular formula is C16H24BrClO. The van der Waals surface area contributed by atoms with E-state index < -0.39 is 0 Å². The first-order chi connectivity index (χ1) is 9.10. The van der Waals surface area contributed by atoms with Gasteiger partial charge in [0.25, 0.3) is 0 Å². The quantitative estimate of drug-likeness (QED) is 0.538. The van der Waals surface area contributed by atoms with Gasteiger partial charge in [0, 0.05) is 5.88 Å². The molecule has 0 saturated carbocycles. The van der Waals surface area contributed by atoms with E-state index in [0.29, 0.717) is 0 Å². The summed E-state index contributed by atoms with van der Waals surface area (Å²) in [5.41, 5.74) is 1.55. The molecule has 0 heterocycles. The third-order valence-corrected chi connectivity index (χ3v) is 5.08. The molecule has 0 aliphatic carbocycles. The summed E-state index contributed by atoms with van der Waals surface area (Å²) in [4.78, 5) is 0. The van der Waals surface area contributed by atoms with Gasteiger partial charge in [0.2, 0.25) is 0 Å². The van der Waals surface area contributed by atoms with Crippen molar-refractivity contribution < 1.29 is 4.74 Å². The molecule has 0 N–H and O–H groups in total. The van der Waals surface area contributed by atoms with Crippen molar-refractivity contribution >= 4 is 27.5 Å². The fourth-order valence-electron chi connectivity index (χ4n) is 2.40. The average Bonchev–Trinajstić information content (AvgIpc) is 2.44. The van der Waals surface area contributed by atoms with Crippen molar-refractivity contribution in [3.63, 3.8) is 0 Å². The zero-order valence-electron chi connectivity index (χ0n) is 12.1. The van der Waals surface area contributed by atoms with Gasteiger partial charge in [-0.15, -0.1) is 11.6 Å². The molecule has 0 spiro atoms. The number of ether oxygens (including phenoxy) is 1. The average molecular weight is 348 g/mol. The highest BCUT2D eigenvalue weighted by atomic mass is 79.9. The van der Waals surface area contributed by atoms with Crippen LogP contribution < -0.4 is 4.74 Å². The molecule has 1 aromatic carbocycles. The van der Waals surface area contributed by atoms with Crippen LogP contribution in [0, 0.1) is 5.41 Å². The SMILES string of the molecule is CCCCC(CC)(CCl)Cc1ccc(OC)c(Br)c1. The maximum atomic E-state index is 6.27. The summed E-state index contributed by atoms with van der Waals surface area (Å²) < 4.78 is 6.29. The lowest BCUT2D eigenvalue weighted by atomic mass is 9.77. The number of halogens is 2. The maximum Gasteiger partial charge on any atom is 0.133 e. The van der Waals surface area contributed by atoms with Crippen LogP contribution in [0.3, 0.4) is 0 Å². The molecule has 1 nitrogen and oxygen atoms in total. The molecule has 0 amide bonds. The highest BCUT2D eigenvalue weighted by Gasteiger charge is 2.27. The van der Waals surface area contributed by atoms with Gasteiger partial charge >= 0.3 is 0 Å². The fraction of sp³-hybridized carbons (Fsp3) is 0.625. The molecule has 0 fully saturated rings. The summed E-state index contributed by atoms with van der Waals surface area (Å²) in [6, 6.07) is 6.32. The first-order valence-corrected chi connectivity index (χ1v) is 8.32. The molecule has 0 aliphatic heterocycles. The zero-order chi connectivity index (χ0) is 14.3. The van der Waals surface area contributed by atoms with E-state index >= 15 is 0 Å². The Balaban J connectivity index is 2.86. The Morgan fingerprint density at radius 1 is 1.32 bits per heavy atom. The first kappa shape index (κ1) is 16.8. The number of alkyl halides is 1. The molecule has 0 aliphatic rings. The number of rotatable bonds is 8. The van der Waals surface area contributed by atoms with E-state index in [1.807, 2.05) is 6.07 Å². The predicted octanol–water partition coefficient (Wildman–Crippen LogP) is 5.83. The second kappa shape index (κ2) is 8.16. The van der Waals surface area contributed by atoms with Gasteiger partial charge in [0.05, 0.1) is 11.6 Å². The number of benzene rings is 1. The fourth-order valence-corrected chi connectivity index (χ4v) is 3.41. The van der Waals surface area contributed by atoms with Crippen molar-refractivity contribution in [2.45, 2.75) is 46.0 Å². The van der Waals surface area contributed by atoms with Crippen LogP contribution in [0.5, 0.6) is 5.75 Å². The van der Waals surface area contributed by atoms with E-state index in [1.54, 1.807) is 7.11 Å². The summed E-state index contributed by atoms with van der Waals surface area (Å²) in [6.45, 7) is 4.48. The summed E-state index contributed by atoms with van der Waals surface area (Å²) in [7, 11) is 1.69. The standard InChI is InChI=1S/C16H24BrClO/c1-4-6-9-16(5-2,12-18)11-13-7-8-15(19-3)14(17)10-13/h7-8,10H,4-6,9,11-12H2,1-3H3. The second-order valence-electron chi connectivity index (χ2n) is 5.24. The Kier molecular flexibility index (Phi) is 7.23. The van der Waals surface area contributed by atoms with E-state index in [1.165, 1.54) is 24.8 Å². The van der Waals surface area contributed by atoms with E-state index in [4.69, 9.17) is 16.3 Å². The number of methoxy groups -OCH3 is 1. The van der Waals surface area contributed by atoms with Gasteiger partial charge in [-0.25, -0.2) is 0 Å². The molecule has 0 radical (unpaired) electrons. The van der Waals surface area contributed by atoms with Crippen molar-refractivity contribution in [3.8, 4) is 5.75 Å². The Hall–Kier alpha value is -0.210. The Morgan fingerprint density at radius 3 is 2.53 bits per heavy atom. The number of hydrogen-bond donors (Lipinski definition) is 0. The smallest absolute Gasteiger partial charge is 0.133 e. The minimum atomic E-state index is 0.228. The van der Waals surface area contributed by atoms with E-state index in [9.17, 15) is 0 Å². The van der Waals surface area contributed by atoms with Gasteiger partial charge in [0.1, 0.15) is 5.75 Å². The lowest BCUT2D eigenvalue weighted by Crippen LogP contribution is -2.25. The van der Waals surface area contributed by atoms with Crippen LogP contribution in [0.2, 0.25) is 0 Å². The topological polar surface area (TPSA) is 9.23 Å². The number of unbranched alkanes of at least 4 members (excludes halogenated alkanes) is 1. The van der Waals surface area contributed by atoms with Crippen molar-refractivity contribution in [3.05, 3.63) is 28.2 Å². The van der Waals surface area contributed by atoms with Crippen molar-refractivity contribution in [2.24, 2.45) is 5.41 Å². The van der Waals surface area contributed by atoms with Gasteiger partial charge in [-0.1, -0.05) is 32.8 Å². The summed E-state index contributed by atoms with van der Waals surface area (Å²) in [6.07, 6.45) is 5.84. The van der Waals surface area contributed by atoms with Crippen LogP contribution in [0.4, 0.5) is 0 Å². The predicted molar refractivity (Wildman–Crippen MR) is 87.4 cm³/mol. The molecule has 3 heteroatoms. The van der Waals surface area contributed by atoms with Crippen molar-refractivity contribution in [1.82, 2.24) is 0 Å². The Labute approximate surface area is 130 Å². The highest BCUT2D eigenvalue weighted by Crippen LogP contribution is 2.36. The Bertz CT molecular complexity index is 388. The van der Waals surface area contributed by atoms with Crippen LogP contribution >= 0.6 is 27.5 Å². The van der Waals surface area contributed by atoms with Gasteiger partial charge < -0.3 is 4.74 Å². The monoisotopic (exact) mass is 346 g/mol. The van der Waals surface area contributed by atoms with Crippen molar-refractivity contribution in [1.29, 1.82) is 0 Å². The third-order valence-electron chi connectivity index (χ3n) is 3.89. The van der Waals surface area contributed by atoms with E-state index in [-0.39, 0.29) is 5.41 Å². The molecule has 108 valence electrons. The highest BCUT2D eigenvalue weighted by molar-refractivity contribution is 9.10. The minimum Gasteiger partial charge on any atom is -0.496 e. The van der Waals surface area contributed by atoms with Crippen LogP contribution in [0.1, 0.15) is 45.1 Å². The normalized spacial score (nSPS) is 14.2. The van der Waals surface area contributed by atoms with Crippen LogP contribution in [0.25, 0.3) is 0 Å². The van der Waals surface area contributed by atoms with Gasteiger partial charge in [0.15, 0.2) is 0 Å². The van der Waals surface area contributed by atoms with Gasteiger partial charge in [-0.05, 0) is 58.3 Å². The molecule has 0 aromatic heterocycles. The molecule has 0 bridgehead atoms. The maximum absolute atomic E-state index is 6.27. The first-order valence-electron chi connectivity index (χ1n) is 6.99. The van der Waals surface area contributed by atoms with Gasteiger partial charge in [-0.2, -0.15) is 0 Å². The van der Waals surface area contributed by atoms with Crippen LogP contribution in [0.15, 0.2) is 22.7 Å². The molecular weight excluding hydrogens is 324 g/mol. The summed E-state index contributed by atoms with van der Waals surface area (Å²) in [5.74, 6) is 1.61. The minimum absolute atomic E-state index is 0.228. The lowest BCUT2D eigenvalue weighted by molar-refractivity contribution is 0.279. The van der Waals surface area contributed by atoms with Gasteiger partial charge in [-0.3, -0.25) is 0 Å². The molecule has 1 unspecified atom stereocenters. The molecule has 1 aromatic rings. The van der Waals surface area contributed by atoms with Crippen molar-refractivity contribution in [2.75, 3.05) is 13.0 Å². The molecule has 0 saturated heterocycles. The zero-order valence-corrected chi connectivity index (χ0v) is 14.5. The molecule has 1 atom stereocenters.